The summed E-state index contributed by atoms with van der Waals surface area (Å²) in [5, 5.41) is 13.8. The van der Waals surface area contributed by atoms with E-state index in [1.807, 2.05) is 60.7 Å². The minimum absolute atomic E-state index is 0.0327. The van der Waals surface area contributed by atoms with Crippen molar-refractivity contribution in [1.82, 2.24) is 5.32 Å². The Hall–Kier alpha value is -4.37. The van der Waals surface area contributed by atoms with Crippen molar-refractivity contribution in [2.24, 2.45) is 0 Å². The number of carbonyl (C=O) groups excluding carboxylic acids is 5. The standard InChI is InChI=1S/C36H47NO13/c1-24(39)44-22-32(48-26(3)41)34-33(49-27(4)42)31(47-25(2)40)19-36(23-38,50-34)46-18-12-11-17-30(37-20-28-13-7-5-8-14-28)35(43)45-21-29-15-9-6-10-16-29/h5-10,13-16,30-34,37-38H,11-12,17-23H2,1-4H3/t30?,31-,32-,33-,34-,36-/m1/s1. The fourth-order valence-electron chi connectivity index (χ4n) is 5.47. The Kier molecular flexibility index (Phi) is 16.3. The van der Waals surface area contributed by atoms with Gasteiger partial charge >= 0.3 is 29.8 Å². The molecule has 0 saturated carbocycles. The summed E-state index contributed by atoms with van der Waals surface area (Å²) in [6.07, 6.45) is -4.13. The highest BCUT2D eigenvalue weighted by Crippen LogP contribution is 2.36. The zero-order chi connectivity index (χ0) is 36.5. The predicted molar refractivity (Wildman–Crippen MR) is 176 cm³/mol. The number of aliphatic hydroxyl groups excluding tert-OH is 1. The number of ether oxygens (including phenoxy) is 7. The Morgan fingerprint density at radius 2 is 1.48 bits per heavy atom. The van der Waals surface area contributed by atoms with E-state index in [4.69, 9.17) is 33.2 Å². The minimum Gasteiger partial charge on any atom is -0.462 e. The van der Waals surface area contributed by atoms with Crippen molar-refractivity contribution >= 4 is 29.8 Å². The molecule has 2 aromatic carbocycles. The summed E-state index contributed by atoms with van der Waals surface area (Å²) in [5.41, 5.74) is 1.86. The number of hydrogen-bond donors (Lipinski definition) is 2. The van der Waals surface area contributed by atoms with Crippen LogP contribution in [0.15, 0.2) is 60.7 Å². The first-order valence-corrected chi connectivity index (χ1v) is 16.5. The first-order chi connectivity index (χ1) is 23.9. The Labute approximate surface area is 291 Å². The maximum absolute atomic E-state index is 13.1. The molecule has 2 N–H and O–H groups in total. The van der Waals surface area contributed by atoms with Crippen LogP contribution in [0.1, 0.15) is 64.5 Å². The van der Waals surface area contributed by atoms with Gasteiger partial charge in [-0.05, 0) is 30.4 Å². The highest BCUT2D eigenvalue weighted by molar-refractivity contribution is 5.75. The summed E-state index contributed by atoms with van der Waals surface area (Å²) in [4.78, 5) is 61.0. The number of carbonyl (C=O) groups is 5. The topological polar surface area (TPSA) is 182 Å². The van der Waals surface area contributed by atoms with E-state index in [1.165, 1.54) is 0 Å². The quantitative estimate of drug-likeness (QED) is 0.124. The lowest BCUT2D eigenvalue weighted by atomic mass is 9.92. The summed E-state index contributed by atoms with van der Waals surface area (Å²) >= 11 is 0. The van der Waals surface area contributed by atoms with E-state index in [1.54, 1.807) is 0 Å². The molecule has 3 rings (SSSR count). The maximum atomic E-state index is 13.1. The van der Waals surface area contributed by atoms with Crippen LogP contribution >= 0.6 is 0 Å². The molecule has 1 aliphatic heterocycles. The van der Waals surface area contributed by atoms with E-state index in [0.29, 0.717) is 25.8 Å². The molecular weight excluding hydrogens is 654 g/mol. The zero-order valence-electron chi connectivity index (χ0n) is 28.9. The van der Waals surface area contributed by atoms with Crippen LogP contribution in [0.5, 0.6) is 0 Å². The van der Waals surface area contributed by atoms with Gasteiger partial charge in [-0.1, -0.05) is 60.7 Å². The summed E-state index contributed by atoms with van der Waals surface area (Å²) < 4.78 is 39.3. The molecule has 14 nitrogen and oxygen atoms in total. The number of esters is 5. The Balaban J connectivity index is 1.72. The molecule has 50 heavy (non-hydrogen) atoms. The lowest BCUT2D eigenvalue weighted by Crippen LogP contribution is -2.63. The molecule has 1 unspecified atom stereocenters. The van der Waals surface area contributed by atoms with Crippen molar-refractivity contribution in [2.75, 3.05) is 19.8 Å². The molecule has 274 valence electrons. The molecule has 1 fully saturated rings. The van der Waals surface area contributed by atoms with E-state index in [9.17, 15) is 29.1 Å². The van der Waals surface area contributed by atoms with Gasteiger partial charge in [0.2, 0.25) is 0 Å². The molecule has 0 bridgehead atoms. The lowest BCUT2D eigenvalue weighted by Gasteiger charge is -2.47. The monoisotopic (exact) mass is 701 g/mol. The Morgan fingerprint density at radius 3 is 2.06 bits per heavy atom. The Bertz CT molecular complexity index is 1390. The molecule has 0 amide bonds. The van der Waals surface area contributed by atoms with Crippen LogP contribution in [-0.4, -0.2) is 91.0 Å². The number of aliphatic hydroxyl groups is 1. The second-order valence-corrected chi connectivity index (χ2v) is 11.9. The molecule has 1 saturated heterocycles. The van der Waals surface area contributed by atoms with E-state index in [2.05, 4.69) is 5.32 Å². The van der Waals surface area contributed by atoms with Gasteiger partial charge < -0.3 is 43.6 Å². The Morgan fingerprint density at radius 1 is 0.840 bits per heavy atom. The highest BCUT2D eigenvalue weighted by Gasteiger charge is 2.54. The van der Waals surface area contributed by atoms with Crippen molar-refractivity contribution in [3.05, 3.63) is 71.8 Å². The van der Waals surface area contributed by atoms with Crippen molar-refractivity contribution in [3.63, 3.8) is 0 Å². The number of nitrogens with one attached hydrogen (secondary N) is 1. The first kappa shape index (κ1) is 40.1. The first-order valence-electron chi connectivity index (χ1n) is 16.5. The van der Waals surface area contributed by atoms with Gasteiger partial charge in [0.15, 0.2) is 18.0 Å². The summed E-state index contributed by atoms with van der Waals surface area (Å²) in [6, 6.07) is 18.4. The fourth-order valence-corrected chi connectivity index (χ4v) is 5.47. The van der Waals surface area contributed by atoms with Crippen LogP contribution in [0.4, 0.5) is 0 Å². The van der Waals surface area contributed by atoms with Crippen LogP contribution in [0.3, 0.4) is 0 Å². The van der Waals surface area contributed by atoms with E-state index < -0.39 is 79.3 Å². The third-order valence-electron chi connectivity index (χ3n) is 7.70. The second kappa shape index (κ2) is 20.3. The SMILES string of the molecule is CC(=O)OC[C@@H](OC(C)=O)[C@H]1O[C@](CO)(OCCCCC(NCc2ccccc2)C(=O)OCc2ccccc2)C[C@@H](OC(C)=O)[C@H]1OC(C)=O. The van der Waals surface area contributed by atoms with Crippen LogP contribution < -0.4 is 5.32 Å². The van der Waals surface area contributed by atoms with Crippen LogP contribution in [0, 0.1) is 0 Å². The molecule has 0 aliphatic carbocycles. The second-order valence-electron chi connectivity index (χ2n) is 11.9. The van der Waals surface area contributed by atoms with E-state index in [-0.39, 0.29) is 19.6 Å². The summed E-state index contributed by atoms with van der Waals surface area (Å²) in [6.45, 7) is 3.99. The average molecular weight is 702 g/mol. The number of unbranched alkanes of at least 4 members (excludes halogenated alkanes) is 1. The number of hydrogen-bond acceptors (Lipinski definition) is 14. The third-order valence-corrected chi connectivity index (χ3v) is 7.70. The molecule has 2 aromatic rings. The van der Waals surface area contributed by atoms with Crippen molar-refractivity contribution < 1.29 is 62.2 Å². The summed E-state index contributed by atoms with van der Waals surface area (Å²) in [5.74, 6) is -5.09. The van der Waals surface area contributed by atoms with Crippen LogP contribution in [-0.2, 0) is 70.3 Å². The molecule has 14 heteroatoms. The van der Waals surface area contributed by atoms with Gasteiger partial charge in [-0.2, -0.15) is 0 Å². The van der Waals surface area contributed by atoms with Crippen molar-refractivity contribution in [3.8, 4) is 0 Å². The van der Waals surface area contributed by atoms with Gasteiger partial charge in [-0.15, -0.1) is 0 Å². The minimum atomic E-state index is -1.80. The third kappa shape index (κ3) is 13.5. The van der Waals surface area contributed by atoms with Crippen LogP contribution in [0.25, 0.3) is 0 Å². The van der Waals surface area contributed by atoms with Crippen LogP contribution in [0.2, 0.25) is 0 Å². The molecule has 6 atom stereocenters. The molecule has 0 radical (unpaired) electrons. The van der Waals surface area contributed by atoms with Gasteiger partial charge in [0, 0.05) is 40.7 Å². The van der Waals surface area contributed by atoms with Gasteiger partial charge in [-0.25, -0.2) is 0 Å². The molecule has 1 aliphatic rings. The van der Waals surface area contributed by atoms with Gasteiger partial charge in [-0.3, -0.25) is 24.0 Å². The summed E-state index contributed by atoms with van der Waals surface area (Å²) in [7, 11) is 0. The van der Waals surface area contributed by atoms with Gasteiger partial charge in [0.25, 0.3) is 0 Å². The smallest absolute Gasteiger partial charge is 0.323 e. The molecular formula is C36H47NO13. The highest BCUT2D eigenvalue weighted by atomic mass is 16.7. The van der Waals surface area contributed by atoms with Crippen molar-refractivity contribution in [2.45, 2.75) is 103 Å². The van der Waals surface area contributed by atoms with Gasteiger partial charge in [0.05, 0.1) is 13.2 Å². The predicted octanol–water partition coefficient (Wildman–Crippen LogP) is 2.91. The normalized spacial score (nSPS) is 21.3. The average Bonchev–Trinajstić information content (AvgIpc) is 3.08. The van der Waals surface area contributed by atoms with Crippen molar-refractivity contribution in [1.29, 1.82) is 0 Å². The molecule has 1 heterocycles. The lowest BCUT2D eigenvalue weighted by molar-refractivity contribution is -0.344. The zero-order valence-corrected chi connectivity index (χ0v) is 28.9. The van der Waals surface area contributed by atoms with E-state index >= 15 is 0 Å². The fraction of sp³-hybridized carbons (Fsp3) is 0.528. The number of benzene rings is 2. The molecule has 0 aromatic heterocycles. The largest absolute Gasteiger partial charge is 0.462 e. The van der Waals surface area contributed by atoms with Gasteiger partial charge in [0.1, 0.15) is 31.5 Å². The van der Waals surface area contributed by atoms with E-state index in [0.717, 1.165) is 38.8 Å². The number of rotatable bonds is 19. The maximum Gasteiger partial charge on any atom is 0.323 e. The molecule has 0 spiro atoms.